The fourth-order valence-corrected chi connectivity index (χ4v) is 3.74. The first-order valence-electron chi connectivity index (χ1n) is 11.8. The van der Waals surface area contributed by atoms with E-state index in [1.54, 1.807) is 44.5 Å². The number of hydrogen-bond acceptors (Lipinski definition) is 8. The number of nitrogens with one attached hydrogen (secondary N) is 1. The Bertz CT molecular complexity index is 1380. The zero-order chi connectivity index (χ0) is 26.5. The van der Waals surface area contributed by atoms with E-state index in [1.165, 1.54) is 0 Å². The molecule has 0 aliphatic heterocycles. The summed E-state index contributed by atoms with van der Waals surface area (Å²) in [6, 6.07) is 14.6. The average Bonchev–Trinajstić information content (AvgIpc) is 3.20. The van der Waals surface area contributed by atoms with Gasteiger partial charge in [-0.25, -0.2) is 4.98 Å². The maximum absolute atomic E-state index is 12.8. The first kappa shape index (κ1) is 25.8. The topological polar surface area (TPSA) is 94.0 Å². The van der Waals surface area contributed by atoms with Gasteiger partial charge in [0.2, 0.25) is 5.95 Å². The van der Waals surface area contributed by atoms with E-state index in [4.69, 9.17) is 19.2 Å². The van der Waals surface area contributed by atoms with Gasteiger partial charge in [-0.05, 0) is 32.3 Å². The lowest BCUT2D eigenvalue weighted by molar-refractivity contribution is 0.0780. The number of carbonyl (C=O) groups is 1. The monoisotopic (exact) mass is 504 g/mol. The molecule has 0 bridgehead atoms. The first-order valence-corrected chi connectivity index (χ1v) is 11.8. The molecule has 2 heterocycles. The summed E-state index contributed by atoms with van der Waals surface area (Å²) in [6.45, 7) is 1.37. The first-order chi connectivity index (χ1) is 17.8. The third kappa shape index (κ3) is 6.10. The lowest BCUT2D eigenvalue weighted by Crippen LogP contribution is -2.33. The zero-order valence-electron chi connectivity index (χ0n) is 22.0. The summed E-state index contributed by atoms with van der Waals surface area (Å²) in [5, 5.41) is 3.33. The molecule has 2 aromatic heterocycles. The molecule has 1 amide bonds. The smallest absolute Gasteiger partial charge is 0.272 e. The number of aryl methyl sites for hydroxylation is 1. The van der Waals surface area contributed by atoms with Crippen LogP contribution in [0.25, 0.3) is 11.0 Å². The zero-order valence-corrected chi connectivity index (χ0v) is 22.0. The Balaban J connectivity index is 1.53. The highest BCUT2D eigenvalue weighted by molar-refractivity contribution is 5.92. The molecule has 0 aliphatic carbocycles. The fraction of sp³-hybridized carbons (Fsp3) is 0.296. The van der Waals surface area contributed by atoms with Crippen LogP contribution in [0.3, 0.4) is 0 Å². The third-order valence-electron chi connectivity index (χ3n) is 5.88. The van der Waals surface area contributed by atoms with Crippen molar-refractivity contribution in [3.05, 3.63) is 60.4 Å². The number of amides is 1. The van der Waals surface area contributed by atoms with Crippen LogP contribution in [0.15, 0.2) is 54.7 Å². The number of methoxy groups -OCH3 is 2. The normalized spacial score (nSPS) is 11.0. The van der Waals surface area contributed by atoms with Crippen LogP contribution in [-0.2, 0) is 7.05 Å². The van der Waals surface area contributed by atoms with E-state index < -0.39 is 0 Å². The number of hydrogen-bond donors (Lipinski definition) is 1. The maximum atomic E-state index is 12.8. The minimum atomic E-state index is -0.155. The predicted molar refractivity (Wildman–Crippen MR) is 143 cm³/mol. The van der Waals surface area contributed by atoms with Crippen LogP contribution in [0.1, 0.15) is 10.5 Å². The van der Waals surface area contributed by atoms with Crippen LogP contribution in [0.2, 0.25) is 0 Å². The van der Waals surface area contributed by atoms with Crippen LogP contribution in [-0.4, -0.2) is 78.7 Å². The van der Waals surface area contributed by atoms with Gasteiger partial charge in [-0.15, -0.1) is 0 Å². The van der Waals surface area contributed by atoms with Crippen molar-refractivity contribution in [1.82, 2.24) is 24.3 Å². The van der Waals surface area contributed by atoms with Crippen molar-refractivity contribution in [2.24, 2.45) is 7.05 Å². The number of imidazole rings is 1. The lowest BCUT2D eigenvalue weighted by Gasteiger charge is -2.19. The van der Waals surface area contributed by atoms with Gasteiger partial charge < -0.3 is 33.9 Å². The Morgan fingerprint density at radius 2 is 1.62 bits per heavy atom. The molecule has 2 aromatic carbocycles. The number of likely N-dealkylation sites (N-methyl/N-ethyl adjacent to an activating group) is 2. The van der Waals surface area contributed by atoms with E-state index in [-0.39, 0.29) is 5.91 Å². The molecule has 1 N–H and O–H groups in total. The Morgan fingerprint density at radius 3 is 2.30 bits per heavy atom. The summed E-state index contributed by atoms with van der Waals surface area (Å²) in [7, 11) is 10.9. The molecule has 194 valence electrons. The van der Waals surface area contributed by atoms with Crippen molar-refractivity contribution in [2.75, 3.05) is 53.8 Å². The van der Waals surface area contributed by atoms with Gasteiger partial charge >= 0.3 is 0 Å². The van der Waals surface area contributed by atoms with E-state index in [0.717, 1.165) is 23.3 Å². The molecule has 10 nitrogen and oxygen atoms in total. The van der Waals surface area contributed by atoms with Crippen molar-refractivity contribution in [3.8, 4) is 23.0 Å². The van der Waals surface area contributed by atoms with Crippen LogP contribution in [0, 0.1) is 0 Å². The van der Waals surface area contributed by atoms with E-state index in [9.17, 15) is 4.79 Å². The number of rotatable bonds is 10. The van der Waals surface area contributed by atoms with Gasteiger partial charge in [-0.2, -0.15) is 0 Å². The molecule has 4 rings (SSSR count). The summed E-state index contributed by atoms with van der Waals surface area (Å²) < 4.78 is 18.7. The third-order valence-corrected chi connectivity index (χ3v) is 5.88. The second-order valence-corrected chi connectivity index (χ2v) is 8.88. The highest BCUT2D eigenvalue weighted by atomic mass is 16.5. The van der Waals surface area contributed by atoms with Gasteiger partial charge in [0.25, 0.3) is 5.91 Å². The van der Waals surface area contributed by atoms with Crippen LogP contribution in [0.4, 0.5) is 11.6 Å². The number of pyridine rings is 1. The molecule has 0 aliphatic rings. The molecule has 0 saturated carbocycles. The molecular weight excluding hydrogens is 472 g/mol. The minimum Gasteiger partial charge on any atom is -0.497 e. The van der Waals surface area contributed by atoms with E-state index in [0.29, 0.717) is 41.2 Å². The van der Waals surface area contributed by atoms with Crippen LogP contribution in [0.5, 0.6) is 23.0 Å². The Morgan fingerprint density at radius 1 is 0.919 bits per heavy atom. The van der Waals surface area contributed by atoms with Crippen molar-refractivity contribution < 1.29 is 19.0 Å². The summed E-state index contributed by atoms with van der Waals surface area (Å²) in [4.78, 5) is 25.4. The molecule has 37 heavy (non-hydrogen) atoms. The van der Waals surface area contributed by atoms with Gasteiger partial charge in [0.15, 0.2) is 0 Å². The van der Waals surface area contributed by atoms with Crippen molar-refractivity contribution in [3.63, 3.8) is 0 Å². The lowest BCUT2D eigenvalue weighted by atomic mass is 10.3. The second kappa shape index (κ2) is 11.2. The van der Waals surface area contributed by atoms with Gasteiger partial charge in [0, 0.05) is 69.4 Å². The molecule has 0 saturated heterocycles. The number of nitrogens with zero attached hydrogens (tertiary/aromatic N) is 5. The van der Waals surface area contributed by atoms with Crippen molar-refractivity contribution in [2.45, 2.75) is 0 Å². The molecule has 0 unspecified atom stereocenters. The fourth-order valence-electron chi connectivity index (χ4n) is 3.74. The quantitative estimate of drug-likeness (QED) is 0.344. The highest BCUT2D eigenvalue weighted by Gasteiger charge is 2.15. The predicted octanol–water partition coefficient (Wildman–Crippen LogP) is 4.16. The summed E-state index contributed by atoms with van der Waals surface area (Å²) >= 11 is 0. The van der Waals surface area contributed by atoms with Gasteiger partial charge in [-0.3, -0.25) is 9.78 Å². The largest absolute Gasteiger partial charge is 0.497 e. The Kier molecular flexibility index (Phi) is 7.78. The van der Waals surface area contributed by atoms with E-state index in [1.807, 2.05) is 67.0 Å². The Labute approximate surface area is 216 Å². The summed E-state index contributed by atoms with van der Waals surface area (Å²) in [6.07, 6.45) is 1.58. The summed E-state index contributed by atoms with van der Waals surface area (Å²) in [5.41, 5.74) is 2.80. The molecule has 0 fully saturated rings. The highest BCUT2D eigenvalue weighted by Crippen LogP contribution is 2.31. The average molecular weight is 505 g/mol. The minimum absolute atomic E-state index is 0.155. The number of benzene rings is 2. The number of aromatic nitrogens is 3. The second-order valence-electron chi connectivity index (χ2n) is 8.88. The number of ether oxygens (including phenoxy) is 3. The maximum Gasteiger partial charge on any atom is 0.272 e. The van der Waals surface area contributed by atoms with Crippen LogP contribution >= 0.6 is 0 Å². The van der Waals surface area contributed by atoms with Crippen LogP contribution < -0.4 is 19.5 Å². The van der Waals surface area contributed by atoms with E-state index in [2.05, 4.69) is 10.3 Å². The molecular formula is C27H32N6O4. The molecule has 0 atom stereocenters. The number of carbonyl (C=O) groups excluding carboxylic acids is 1. The molecule has 0 radical (unpaired) electrons. The molecule has 4 aromatic rings. The van der Waals surface area contributed by atoms with Crippen molar-refractivity contribution >= 4 is 28.6 Å². The SMILES string of the molecule is COc1cc(Nc2nc3cc(Oc4ccnc(C(=O)N(C)CCN(C)C)c4)ccc3n2C)cc(OC)c1. The van der Waals surface area contributed by atoms with Gasteiger partial charge in [0.1, 0.15) is 28.7 Å². The van der Waals surface area contributed by atoms with Gasteiger partial charge in [-0.1, -0.05) is 0 Å². The number of anilines is 2. The molecule has 0 spiro atoms. The number of fused-ring (bicyclic) bond motifs is 1. The van der Waals surface area contributed by atoms with Gasteiger partial charge in [0.05, 0.1) is 25.3 Å². The summed E-state index contributed by atoms with van der Waals surface area (Å²) in [5.74, 6) is 2.98. The Hall–Kier alpha value is -4.31. The standard InChI is InChI=1S/C27H32N6O4/c1-31(2)11-12-32(3)26(34)24-17-20(9-10-28-24)37-19-7-8-25-23(16-19)30-27(33(25)4)29-18-13-21(35-5)15-22(14-18)36-6/h7-10,13-17H,11-12H2,1-6H3,(H,29,30). The van der Waals surface area contributed by atoms with E-state index >= 15 is 0 Å². The molecule has 10 heteroatoms. The van der Waals surface area contributed by atoms with Crippen molar-refractivity contribution in [1.29, 1.82) is 0 Å².